The fourth-order valence-electron chi connectivity index (χ4n) is 2.14. The minimum atomic E-state index is 0. The molecule has 0 atom stereocenters. The van der Waals surface area contributed by atoms with Gasteiger partial charge in [0, 0.05) is 0 Å². The van der Waals surface area contributed by atoms with Gasteiger partial charge in [0.15, 0.2) is 0 Å². The van der Waals surface area contributed by atoms with Crippen molar-refractivity contribution in [3.63, 3.8) is 0 Å². The van der Waals surface area contributed by atoms with E-state index in [-0.39, 0.29) is 29.8 Å². The largest absolute Gasteiger partial charge is 1.00 e. The Bertz CT molecular complexity index is 714. The molecule has 4 aromatic carbocycles. The fourth-order valence-corrected chi connectivity index (χ4v) is 2.14. The van der Waals surface area contributed by atoms with Gasteiger partial charge in [-0.1, -0.05) is 12.1 Å². The summed E-state index contributed by atoms with van der Waals surface area (Å²) in [6.07, 6.45) is 0. The van der Waals surface area contributed by atoms with Crippen LogP contribution in [0.3, 0.4) is 0 Å². The predicted molar refractivity (Wildman–Crippen MR) is 103 cm³/mol. The standard InChI is InChI=1S/2C9H7.C2H6Si.CH3.BrH.Zr/c2*1-2-5-9-7-3-6-8(9)4-1;1-3-2;;;/h2*1-7H;1-2H3;1H3;1H;/q2*-1;;-1;;/p-1. The number of hydrogen-bond donors (Lipinski definition) is 0. The molecule has 0 aliphatic rings. The van der Waals surface area contributed by atoms with E-state index in [0.29, 0.717) is 0 Å². The molecule has 24 heavy (non-hydrogen) atoms. The van der Waals surface area contributed by atoms with Crippen molar-refractivity contribution in [1.29, 1.82) is 0 Å². The van der Waals surface area contributed by atoms with Crippen LogP contribution in [-0.4, -0.2) is 5.43 Å². The van der Waals surface area contributed by atoms with Gasteiger partial charge in [-0.05, 0) is 0 Å². The maximum absolute atomic E-state index is 2.31. The van der Waals surface area contributed by atoms with E-state index in [1.54, 1.807) is 23.3 Å². The molecule has 4 aromatic rings. The third-order valence-corrected chi connectivity index (χ3v) is 3.10. The summed E-state index contributed by atoms with van der Waals surface area (Å²) in [7, 11) is 0. The van der Waals surface area contributed by atoms with Crippen molar-refractivity contribution in [3.05, 3.63) is 92.4 Å². The maximum Gasteiger partial charge on any atom is -0.0809 e. The van der Waals surface area contributed by atoms with Crippen LogP contribution in [0.4, 0.5) is 0 Å². The first-order valence-corrected chi connectivity index (χ1v) is 13.6. The van der Waals surface area contributed by atoms with Gasteiger partial charge in [0.2, 0.25) is 0 Å². The van der Waals surface area contributed by atoms with Crippen LogP contribution in [-0.2, 0) is 23.3 Å². The van der Waals surface area contributed by atoms with E-state index in [0.717, 1.165) is 0 Å². The molecule has 0 spiro atoms. The molecule has 0 aromatic heterocycles. The molecular formula is C21H23BrSiZr-4. The van der Waals surface area contributed by atoms with Crippen molar-refractivity contribution in [2.24, 2.45) is 0 Å². The Labute approximate surface area is 171 Å². The molecule has 0 nitrogen and oxygen atoms in total. The van der Waals surface area contributed by atoms with E-state index >= 15 is 0 Å². The Hall–Kier alpha value is -0.760. The van der Waals surface area contributed by atoms with Crippen molar-refractivity contribution in [2.75, 3.05) is 0 Å². The summed E-state index contributed by atoms with van der Waals surface area (Å²) in [4.78, 5) is 0. The first-order chi connectivity index (χ1) is 10.7. The molecule has 0 saturated heterocycles. The Kier molecular flexibility index (Phi) is 12.2. The Morgan fingerprint density at radius 3 is 1.38 bits per heavy atom. The minimum Gasteiger partial charge on any atom is -1.00 e. The van der Waals surface area contributed by atoms with Crippen LogP contribution < -0.4 is 17.0 Å². The molecule has 0 radical (unpaired) electrons. The zero-order valence-electron chi connectivity index (χ0n) is 14.5. The molecule has 0 amide bonds. The summed E-state index contributed by atoms with van der Waals surface area (Å²) in [6.45, 7) is 4.62. The molecule has 0 bridgehead atoms. The number of halogens is 1. The molecule has 4 rings (SSSR count). The first kappa shape index (κ1) is 23.2. The van der Waals surface area contributed by atoms with Gasteiger partial charge in [-0.15, -0.1) is 59.3 Å². The molecule has 0 heterocycles. The van der Waals surface area contributed by atoms with Crippen LogP contribution in [0.15, 0.2) is 84.9 Å². The van der Waals surface area contributed by atoms with Crippen molar-refractivity contribution in [3.8, 4) is 0 Å². The van der Waals surface area contributed by atoms with E-state index in [2.05, 4.69) is 98.0 Å². The Balaban J connectivity index is 0.000000341. The van der Waals surface area contributed by atoms with Crippen LogP contribution in [0.2, 0.25) is 13.1 Å². The zero-order chi connectivity index (χ0) is 15.8. The van der Waals surface area contributed by atoms with Crippen molar-refractivity contribution < 1.29 is 40.3 Å². The predicted octanol–water partition coefficient (Wildman–Crippen LogP) is 3.36. The smallest absolute Gasteiger partial charge is 0.0809 e. The minimum absolute atomic E-state index is 0. The van der Waals surface area contributed by atoms with E-state index in [9.17, 15) is 0 Å². The molecule has 0 saturated carbocycles. The fraction of sp³-hybridized carbons (Fsp3) is 0.0952. The first-order valence-electron chi connectivity index (χ1n) is 7.39. The Morgan fingerprint density at radius 2 is 1.04 bits per heavy atom. The van der Waals surface area contributed by atoms with Crippen LogP contribution in [0.5, 0.6) is 0 Å². The average molecular weight is 475 g/mol. The van der Waals surface area contributed by atoms with E-state index in [1.165, 1.54) is 21.5 Å². The Morgan fingerprint density at radius 1 is 0.708 bits per heavy atom. The van der Waals surface area contributed by atoms with Crippen LogP contribution >= 0.6 is 0 Å². The van der Waals surface area contributed by atoms with Crippen LogP contribution in [0.25, 0.3) is 21.5 Å². The van der Waals surface area contributed by atoms with Gasteiger partial charge in [0.05, 0.1) is 0 Å². The molecule has 126 valence electrons. The second-order valence-electron chi connectivity index (χ2n) is 5.31. The summed E-state index contributed by atoms with van der Waals surface area (Å²) < 4.78 is 0. The second kappa shape index (κ2) is 12.6. The van der Waals surface area contributed by atoms with E-state index in [1.807, 2.05) is 0 Å². The van der Waals surface area contributed by atoms with Gasteiger partial charge in [0.25, 0.3) is 0 Å². The van der Waals surface area contributed by atoms with Gasteiger partial charge >= 0.3 is 41.9 Å². The average Bonchev–Trinajstić information content (AvgIpc) is 3.16. The van der Waals surface area contributed by atoms with E-state index < -0.39 is 0 Å². The molecule has 0 fully saturated rings. The van der Waals surface area contributed by atoms with Gasteiger partial charge in [-0.3, -0.25) is 0 Å². The molecular weight excluding hydrogens is 451 g/mol. The molecule has 0 aliphatic carbocycles. The quantitative estimate of drug-likeness (QED) is 0.271. The third kappa shape index (κ3) is 7.88. The van der Waals surface area contributed by atoms with E-state index in [4.69, 9.17) is 0 Å². The summed E-state index contributed by atoms with van der Waals surface area (Å²) in [5.74, 6) is 0. The normalized spacial score (nSPS) is 8.71. The topological polar surface area (TPSA) is 0 Å². The number of hydrogen-bond acceptors (Lipinski definition) is 0. The number of benzene rings is 2. The van der Waals surface area contributed by atoms with Crippen LogP contribution in [0, 0.1) is 7.43 Å². The maximum atomic E-state index is 2.31. The summed E-state index contributed by atoms with van der Waals surface area (Å²) in [6, 6.07) is 29.3. The van der Waals surface area contributed by atoms with Crippen LogP contribution in [0.1, 0.15) is 0 Å². The van der Waals surface area contributed by atoms with Gasteiger partial charge < -0.3 is 24.4 Å². The third-order valence-electron chi connectivity index (χ3n) is 3.10. The number of fused-ring (bicyclic) bond motifs is 2. The SMILES string of the molecule is C[Si](C)=[Zr].[Br-].[CH3-].c1ccc2[cH-]ccc2c1.c1ccc2[cH-]ccc2c1. The van der Waals surface area contributed by atoms with Crippen molar-refractivity contribution in [1.82, 2.24) is 0 Å². The second-order valence-corrected chi connectivity index (χ2v) is 14.7. The summed E-state index contributed by atoms with van der Waals surface area (Å²) >= 11 is 1.74. The zero-order valence-corrected chi connectivity index (χ0v) is 19.5. The molecule has 0 N–H and O–H groups in total. The summed E-state index contributed by atoms with van der Waals surface area (Å²) in [5.41, 5.74) is 0.210. The van der Waals surface area contributed by atoms with Gasteiger partial charge in [0.1, 0.15) is 0 Å². The molecule has 0 aliphatic heterocycles. The van der Waals surface area contributed by atoms with Gasteiger partial charge in [-0.2, -0.15) is 35.0 Å². The molecule has 3 heteroatoms. The summed E-state index contributed by atoms with van der Waals surface area (Å²) in [5, 5.41) is 5.32. The van der Waals surface area contributed by atoms with Crippen molar-refractivity contribution >= 4 is 27.0 Å². The van der Waals surface area contributed by atoms with Crippen molar-refractivity contribution in [2.45, 2.75) is 13.1 Å². The number of rotatable bonds is 0. The molecule has 0 unspecified atom stereocenters. The van der Waals surface area contributed by atoms with Gasteiger partial charge in [-0.25, -0.2) is 0 Å². The monoisotopic (exact) mass is 472 g/mol.